The van der Waals surface area contributed by atoms with Crippen molar-refractivity contribution in [1.29, 1.82) is 0 Å². The van der Waals surface area contributed by atoms with E-state index in [2.05, 4.69) is 12.2 Å². The molecule has 2 saturated carbocycles. The Morgan fingerprint density at radius 2 is 2.00 bits per heavy atom. The lowest BCUT2D eigenvalue weighted by Crippen LogP contribution is -2.39. The van der Waals surface area contributed by atoms with Crippen LogP contribution in [0.25, 0.3) is 0 Å². The molecule has 106 valence electrons. The second-order valence-corrected chi connectivity index (χ2v) is 6.23. The minimum atomic E-state index is 0.168. The van der Waals surface area contributed by atoms with Crippen molar-refractivity contribution in [3.8, 4) is 0 Å². The van der Waals surface area contributed by atoms with Gasteiger partial charge in [0, 0.05) is 37.6 Å². The minimum Gasteiger partial charge on any atom is -0.312 e. The minimum absolute atomic E-state index is 0.168. The summed E-state index contributed by atoms with van der Waals surface area (Å²) in [4.78, 5) is 12.1. The van der Waals surface area contributed by atoms with E-state index in [9.17, 15) is 4.79 Å². The molecule has 0 spiro atoms. The summed E-state index contributed by atoms with van der Waals surface area (Å²) in [5, 5.41) is 3.63. The first kappa shape index (κ1) is 13.0. The second-order valence-electron chi connectivity index (χ2n) is 6.23. The summed E-state index contributed by atoms with van der Waals surface area (Å²) in [5.74, 6) is 0.779. The smallest absolute Gasteiger partial charge is 0.312 e. The standard InChI is InChI=1S/C15H25N3O/c1-12-4-2-3-5-14(12)16-8-9-17-10-11-18(15(17)19)13-6-7-13/h10-14,16H,2-9H2,1H3. The Kier molecular flexibility index (Phi) is 3.78. The number of hydrogen-bond donors (Lipinski definition) is 1. The molecule has 2 fully saturated rings. The van der Waals surface area contributed by atoms with Crippen LogP contribution in [-0.2, 0) is 6.54 Å². The van der Waals surface area contributed by atoms with Crippen LogP contribution in [0.1, 0.15) is 51.5 Å². The average Bonchev–Trinajstić information content (AvgIpc) is 3.18. The lowest BCUT2D eigenvalue weighted by atomic mass is 9.86. The number of nitrogens with one attached hydrogen (secondary N) is 1. The monoisotopic (exact) mass is 263 g/mol. The summed E-state index contributed by atoms with van der Waals surface area (Å²) in [5.41, 5.74) is 0.168. The zero-order chi connectivity index (χ0) is 13.2. The van der Waals surface area contributed by atoms with Crippen LogP contribution >= 0.6 is 0 Å². The van der Waals surface area contributed by atoms with Gasteiger partial charge >= 0.3 is 5.69 Å². The van der Waals surface area contributed by atoms with Gasteiger partial charge in [0.25, 0.3) is 0 Å². The van der Waals surface area contributed by atoms with E-state index in [1.165, 1.54) is 38.5 Å². The molecule has 0 bridgehead atoms. The number of imidazole rings is 1. The molecule has 2 unspecified atom stereocenters. The highest BCUT2D eigenvalue weighted by atomic mass is 16.1. The fraction of sp³-hybridized carbons (Fsp3) is 0.800. The maximum atomic E-state index is 12.1. The zero-order valence-electron chi connectivity index (χ0n) is 11.8. The fourth-order valence-electron chi connectivity index (χ4n) is 3.22. The van der Waals surface area contributed by atoms with E-state index in [1.54, 1.807) is 0 Å². The van der Waals surface area contributed by atoms with Gasteiger partial charge in [-0.15, -0.1) is 0 Å². The van der Waals surface area contributed by atoms with Crippen molar-refractivity contribution < 1.29 is 0 Å². The van der Waals surface area contributed by atoms with Crippen molar-refractivity contribution in [3.63, 3.8) is 0 Å². The Balaban J connectivity index is 1.50. The van der Waals surface area contributed by atoms with E-state index in [0.717, 1.165) is 19.0 Å². The molecule has 0 radical (unpaired) electrons. The molecule has 19 heavy (non-hydrogen) atoms. The van der Waals surface area contributed by atoms with Gasteiger partial charge in [0.05, 0.1) is 0 Å². The zero-order valence-corrected chi connectivity index (χ0v) is 11.8. The average molecular weight is 263 g/mol. The highest BCUT2D eigenvalue weighted by molar-refractivity contribution is 4.91. The summed E-state index contributed by atoms with van der Waals surface area (Å²) >= 11 is 0. The summed E-state index contributed by atoms with van der Waals surface area (Å²) in [6.07, 6.45) is 11.6. The van der Waals surface area contributed by atoms with Crippen LogP contribution < -0.4 is 11.0 Å². The van der Waals surface area contributed by atoms with Gasteiger partial charge < -0.3 is 5.32 Å². The number of aromatic nitrogens is 2. The largest absolute Gasteiger partial charge is 0.328 e. The fourth-order valence-corrected chi connectivity index (χ4v) is 3.22. The van der Waals surface area contributed by atoms with E-state index in [-0.39, 0.29) is 5.69 Å². The first-order valence-electron chi connectivity index (χ1n) is 7.76. The molecule has 3 rings (SSSR count). The van der Waals surface area contributed by atoms with Gasteiger partial charge in [0.2, 0.25) is 0 Å². The van der Waals surface area contributed by atoms with Crippen LogP contribution in [0.5, 0.6) is 0 Å². The second kappa shape index (κ2) is 5.53. The molecule has 4 nitrogen and oxygen atoms in total. The van der Waals surface area contributed by atoms with Crippen LogP contribution in [0.15, 0.2) is 17.2 Å². The predicted molar refractivity (Wildman–Crippen MR) is 76.4 cm³/mol. The van der Waals surface area contributed by atoms with Gasteiger partial charge in [-0.25, -0.2) is 4.79 Å². The highest BCUT2D eigenvalue weighted by Gasteiger charge is 2.25. The quantitative estimate of drug-likeness (QED) is 0.884. The lowest BCUT2D eigenvalue weighted by molar-refractivity contribution is 0.278. The van der Waals surface area contributed by atoms with E-state index in [0.29, 0.717) is 12.1 Å². The third-order valence-corrected chi connectivity index (χ3v) is 4.68. The first-order chi connectivity index (χ1) is 9.25. The third-order valence-electron chi connectivity index (χ3n) is 4.68. The molecule has 1 aromatic rings. The molecule has 1 heterocycles. The maximum absolute atomic E-state index is 12.1. The number of nitrogens with zero attached hydrogens (tertiary/aromatic N) is 2. The molecule has 1 N–H and O–H groups in total. The predicted octanol–water partition coefficient (Wildman–Crippen LogP) is 2.15. The lowest BCUT2D eigenvalue weighted by Gasteiger charge is -2.29. The van der Waals surface area contributed by atoms with Crippen molar-refractivity contribution in [1.82, 2.24) is 14.5 Å². The molecule has 2 atom stereocenters. The van der Waals surface area contributed by atoms with Gasteiger partial charge in [-0.2, -0.15) is 0 Å². The molecule has 0 aliphatic heterocycles. The molecule has 0 saturated heterocycles. The number of hydrogen-bond acceptors (Lipinski definition) is 2. The van der Waals surface area contributed by atoms with Gasteiger partial charge in [-0.1, -0.05) is 19.8 Å². The Morgan fingerprint density at radius 3 is 2.74 bits per heavy atom. The molecule has 4 heteroatoms. The van der Waals surface area contributed by atoms with E-state index >= 15 is 0 Å². The van der Waals surface area contributed by atoms with E-state index in [4.69, 9.17) is 0 Å². The van der Waals surface area contributed by atoms with E-state index < -0.39 is 0 Å². The van der Waals surface area contributed by atoms with Crippen LogP contribution in [0.3, 0.4) is 0 Å². The molecule has 1 aromatic heterocycles. The number of rotatable bonds is 5. The normalized spacial score (nSPS) is 27.6. The molecular weight excluding hydrogens is 238 g/mol. The summed E-state index contributed by atoms with van der Waals surface area (Å²) < 4.78 is 3.74. The van der Waals surface area contributed by atoms with Crippen LogP contribution in [-0.4, -0.2) is 21.7 Å². The Hall–Kier alpha value is -1.03. The van der Waals surface area contributed by atoms with E-state index in [1.807, 2.05) is 21.5 Å². The topological polar surface area (TPSA) is 39.0 Å². The van der Waals surface area contributed by atoms with Crippen molar-refractivity contribution in [2.45, 2.75) is 64.1 Å². The Morgan fingerprint density at radius 1 is 1.21 bits per heavy atom. The SMILES string of the molecule is CC1CCCCC1NCCn1ccn(C2CC2)c1=O. The van der Waals surface area contributed by atoms with Crippen molar-refractivity contribution in [2.75, 3.05) is 6.54 Å². The Labute approximate surface area is 114 Å². The first-order valence-corrected chi connectivity index (χ1v) is 7.76. The van der Waals surface area contributed by atoms with Crippen LogP contribution in [0.2, 0.25) is 0 Å². The molecule has 2 aliphatic carbocycles. The summed E-state index contributed by atoms with van der Waals surface area (Å²) in [7, 11) is 0. The van der Waals surface area contributed by atoms with Gasteiger partial charge in [0.15, 0.2) is 0 Å². The van der Waals surface area contributed by atoms with Gasteiger partial charge in [-0.05, 0) is 31.6 Å². The van der Waals surface area contributed by atoms with Gasteiger partial charge in [0.1, 0.15) is 0 Å². The van der Waals surface area contributed by atoms with Crippen LogP contribution in [0.4, 0.5) is 0 Å². The highest BCUT2D eigenvalue weighted by Crippen LogP contribution is 2.33. The maximum Gasteiger partial charge on any atom is 0.328 e. The Bertz CT molecular complexity index is 472. The van der Waals surface area contributed by atoms with Crippen molar-refractivity contribution >= 4 is 0 Å². The third kappa shape index (κ3) is 2.94. The molecule has 0 amide bonds. The van der Waals surface area contributed by atoms with Crippen molar-refractivity contribution in [3.05, 3.63) is 22.9 Å². The van der Waals surface area contributed by atoms with Gasteiger partial charge in [-0.3, -0.25) is 9.13 Å². The molecule has 2 aliphatic rings. The summed E-state index contributed by atoms with van der Waals surface area (Å²) in [6.45, 7) is 4.04. The van der Waals surface area contributed by atoms with Crippen molar-refractivity contribution in [2.24, 2.45) is 5.92 Å². The van der Waals surface area contributed by atoms with Crippen LogP contribution in [0, 0.1) is 5.92 Å². The molecule has 0 aromatic carbocycles. The molecular formula is C15H25N3O. The summed E-state index contributed by atoms with van der Waals surface area (Å²) in [6, 6.07) is 1.13.